The molecule has 1 rings (SSSR count). The van der Waals surface area contributed by atoms with E-state index >= 15 is 0 Å². The van der Waals surface area contributed by atoms with Gasteiger partial charge in [-0.1, -0.05) is 12.1 Å². The summed E-state index contributed by atoms with van der Waals surface area (Å²) >= 11 is 5.59. The van der Waals surface area contributed by atoms with Gasteiger partial charge in [-0.2, -0.15) is 0 Å². The fourth-order valence-corrected chi connectivity index (χ4v) is 1.56. The second-order valence-corrected chi connectivity index (χ2v) is 3.70. The van der Waals surface area contributed by atoms with Crippen molar-refractivity contribution in [2.45, 2.75) is 20.3 Å². The van der Waals surface area contributed by atoms with Crippen LogP contribution >= 0.6 is 11.6 Å². The molecule has 0 radical (unpaired) electrons. The molecule has 0 aromatic heterocycles. The summed E-state index contributed by atoms with van der Waals surface area (Å²) in [4.78, 5) is 0. The summed E-state index contributed by atoms with van der Waals surface area (Å²) in [5, 5.41) is 0. The molecule has 0 bridgehead atoms. The summed E-state index contributed by atoms with van der Waals surface area (Å²) in [6.45, 7) is 3.93. The lowest BCUT2D eigenvalue weighted by Gasteiger charge is -2.05. The molecular formula is C12H14ClF. The Bertz CT molecular complexity index is 342. The normalized spacial score (nSPS) is 11.9. The molecule has 0 spiro atoms. The quantitative estimate of drug-likeness (QED) is 0.660. The van der Waals surface area contributed by atoms with Crippen molar-refractivity contribution in [2.75, 3.05) is 5.88 Å². The van der Waals surface area contributed by atoms with Gasteiger partial charge in [0.2, 0.25) is 0 Å². The second-order valence-electron chi connectivity index (χ2n) is 3.32. The van der Waals surface area contributed by atoms with Gasteiger partial charge < -0.3 is 0 Å². The van der Waals surface area contributed by atoms with E-state index in [1.165, 1.54) is 6.07 Å². The Morgan fingerprint density at radius 3 is 2.79 bits per heavy atom. The topological polar surface area (TPSA) is 0 Å². The van der Waals surface area contributed by atoms with Crippen molar-refractivity contribution >= 4 is 17.2 Å². The lowest BCUT2D eigenvalue weighted by atomic mass is 10.0. The standard InChI is InChI=1S/C12H14ClF/c1-9(4-3-7-13)12-6-5-11(14)8-10(12)2/h4-6,8H,3,7H2,1-2H3. The molecule has 2 heteroatoms. The average Bonchev–Trinajstić information content (AvgIpc) is 2.14. The Kier molecular flexibility index (Phi) is 4.15. The first-order chi connectivity index (χ1) is 6.65. The van der Waals surface area contributed by atoms with E-state index in [0.29, 0.717) is 5.88 Å². The zero-order valence-electron chi connectivity index (χ0n) is 8.48. The van der Waals surface area contributed by atoms with Gasteiger partial charge in [0.15, 0.2) is 0 Å². The van der Waals surface area contributed by atoms with Gasteiger partial charge in [0, 0.05) is 5.88 Å². The summed E-state index contributed by atoms with van der Waals surface area (Å²) in [5.74, 6) is 0.439. The molecule has 0 fully saturated rings. The molecule has 0 saturated heterocycles. The fourth-order valence-electron chi connectivity index (χ4n) is 1.45. The lowest BCUT2D eigenvalue weighted by molar-refractivity contribution is 0.626. The summed E-state index contributed by atoms with van der Waals surface area (Å²) in [7, 11) is 0. The molecule has 0 aliphatic rings. The van der Waals surface area contributed by atoms with E-state index in [2.05, 4.69) is 6.08 Å². The van der Waals surface area contributed by atoms with E-state index in [0.717, 1.165) is 23.1 Å². The van der Waals surface area contributed by atoms with E-state index in [1.54, 1.807) is 6.07 Å². The molecule has 0 nitrogen and oxygen atoms in total. The fraction of sp³-hybridized carbons (Fsp3) is 0.333. The molecule has 0 aliphatic carbocycles. The van der Waals surface area contributed by atoms with Gasteiger partial charge in [-0.05, 0) is 49.1 Å². The number of halogens is 2. The van der Waals surface area contributed by atoms with E-state index in [4.69, 9.17) is 11.6 Å². The zero-order chi connectivity index (χ0) is 10.6. The molecule has 0 saturated carbocycles. The molecule has 0 amide bonds. The molecule has 76 valence electrons. The molecule has 0 atom stereocenters. The molecule has 0 N–H and O–H groups in total. The van der Waals surface area contributed by atoms with Gasteiger partial charge >= 0.3 is 0 Å². The Morgan fingerprint density at radius 2 is 2.21 bits per heavy atom. The Labute approximate surface area is 89.4 Å². The van der Waals surface area contributed by atoms with Gasteiger partial charge in [0.1, 0.15) is 5.82 Å². The van der Waals surface area contributed by atoms with Crippen LogP contribution in [0.4, 0.5) is 4.39 Å². The minimum Gasteiger partial charge on any atom is -0.207 e. The highest BCUT2D eigenvalue weighted by Gasteiger charge is 2.01. The molecular weight excluding hydrogens is 199 g/mol. The monoisotopic (exact) mass is 212 g/mol. The van der Waals surface area contributed by atoms with E-state index < -0.39 is 0 Å². The Morgan fingerprint density at radius 1 is 1.50 bits per heavy atom. The van der Waals surface area contributed by atoms with Gasteiger partial charge in [0.25, 0.3) is 0 Å². The largest absolute Gasteiger partial charge is 0.207 e. The molecule has 0 aliphatic heterocycles. The van der Waals surface area contributed by atoms with Crippen LogP contribution in [-0.4, -0.2) is 5.88 Å². The van der Waals surface area contributed by atoms with Crippen molar-refractivity contribution in [3.8, 4) is 0 Å². The number of allylic oxidation sites excluding steroid dienone is 2. The van der Waals surface area contributed by atoms with Crippen molar-refractivity contribution in [3.63, 3.8) is 0 Å². The van der Waals surface area contributed by atoms with Crippen LogP contribution in [-0.2, 0) is 0 Å². The summed E-state index contributed by atoms with van der Waals surface area (Å²) in [6, 6.07) is 4.85. The molecule has 1 aromatic carbocycles. The molecule has 14 heavy (non-hydrogen) atoms. The lowest BCUT2D eigenvalue weighted by Crippen LogP contribution is -1.87. The minimum absolute atomic E-state index is 0.184. The molecule has 0 heterocycles. The third kappa shape index (κ3) is 2.85. The van der Waals surface area contributed by atoms with Gasteiger partial charge in [-0.3, -0.25) is 0 Å². The maximum atomic E-state index is 12.8. The third-order valence-corrected chi connectivity index (χ3v) is 2.39. The highest BCUT2D eigenvalue weighted by atomic mass is 35.5. The van der Waals surface area contributed by atoms with Crippen molar-refractivity contribution < 1.29 is 4.39 Å². The molecule has 0 unspecified atom stereocenters. The van der Waals surface area contributed by atoms with Crippen LogP contribution in [0, 0.1) is 12.7 Å². The predicted octanol–water partition coefficient (Wildman–Crippen LogP) is 4.17. The van der Waals surface area contributed by atoms with Crippen LogP contribution in [0.2, 0.25) is 0 Å². The Hall–Kier alpha value is -0.820. The van der Waals surface area contributed by atoms with Crippen LogP contribution in [0.15, 0.2) is 24.3 Å². The summed E-state index contributed by atoms with van der Waals surface area (Å²) < 4.78 is 12.8. The predicted molar refractivity (Wildman–Crippen MR) is 60.1 cm³/mol. The van der Waals surface area contributed by atoms with Gasteiger partial charge in [-0.15, -0.1) is 11.6 Å². The van der Waals surface area contributed by atoms with Crippen LogP contribution in [0.5, 0.6) is 0 Å². The maximum absolute atomic E-state index is 12.8. The van der Waals surface area contributed by atoms with E-state index in [1.807, 2.05) is 19.9 Å². The number of aryl methyl sites for hydroxylation is 1. The molecule has 1 aromatic rings. The first-order valence-corrected chi connectivity index (χ1v) is 5.18. The number of hydrogen-bond acceptors (Lipinski definition) is 0. The van der Waals surface area contributed by atoms with Crippen LogP contribution in [0.3, 0.4) is 0 Å². The summed E-state index contributed by atoms with van der Waals surface area (Å²) in [6.07, 6.45) is 2.93. The van der Waals surface area contributed by atoms with Crippen molar-refractivity contribution in [1.29, 1.82) is 0 Å². The maximum Gasteiger partial charge on any atom is 0.123 e. The highest BCUT2D eigenvalue weighted by molar-refractivity contribution is 6.17. The first kappa shape index (κ1) is 11.3. The van der Waals surface area contributed by atoms with Crippen molar-refractivity contribution in [1.82, 2.24) is 0 Å². The number of benzene rings is 1. The highest BCUT2D eigenvalue weighted by Crippen LogP contribution is 2.19. The van der Waals surface area contributed by atoms with E-state index in [9.17, 15) is 4.39 Å². The van der Waals surface area contributed by atoms with E-state index in [-0.39, 0.29) is 5.82 Å². The summed E-state index contributed by atoms with van der Waals surface area (Å²) in [5.41, 5.74) is 3.22. The number of rotatable bonds is 3. The number of alkyl halides is 1. The number of hydrogen-bond donors (Lipinski definition) is 0. The van der Waals surface area contributed by atoms with Crippen molar-refractivity contribution in [2.24, 2.45) is 0 Å². The van der Waals surface area contributed by atoms with Crippen LogP contribution in [0.25, 0.3) is 5.57 Å². The smallest absolute Gasteiger partial charge is 0.123 e. The first-order valence-electron chi connectivity index (χ1n) is 4.64. The van der Waals surface area contributed by atoms with Crippen molar-refractivity contribution in [3.05, 3.63) is 41.2 Å². The minimum atomic E-state index is -0.184. The SMILES string of the molecule is CC(=CCCCl)c1ccc(F)cc1C. The third-order valence-electron chi connectivity index (χ3n) is 2.17. The van der Waals surface area contributed by atoms with Gasteiger partial charge in [-0.25, -0.2) is 4.39 Å². The second kappa shape index (κ2) is 5.16. The van der Waals surface area contributed by atoms with Gasteiger partial charge in [0.05, 0.1) is 0 Å². The zero-order valence-corrected chi connectivity index (χ0v) is 9.24. The average molecular weight is 213 g/mol. The van der Waals surface area contributed by atoms with Crippen LogP contribution in [0.1, 0.15) is 24.5 Å². The van der Waals surface area contributed by atoms with Crippen LogP contribution < -0.4 is 0 Å². The Balaban J connectivity index is 2.95.